The van der Waals surface area contributed by atoms with Gasteiger partial charge < -0.3 is 5.11 Å². The molecule has 3 atom stereocenters. The van der Waals surface area contributed by atoms with E-state index < -0.39 is 18.2 Å². The van der Waals surface area contributed by atoms with Gasteiger partial charge in [-0.3, -0.25) is 0 Å². The first-order valence-electron chi connectivity index (χ1n) is 3.89. The zero-order valence-corrected chi connectivity index (χ0v) is 6.85. The fraction of sp³-hybridized carbons (Fsp3) is 0.833. The van der Waals surface area contributed by atoms with Crippen LogP contribution in [0.5, 0.6) is 0 Å². The lowest BCUT2D eigenvalue weighted by Gasteiger charge is -2.22. The van der Waals surface area contributed by atoms with Crippen LogP contribution in [-0.2, 0) is 0 Å². The molecule has 1 saturated carbocycles. The SMILES string of the molecule is [N-]=[N+]=N[C@@H]1[C@H](O)[CH+]CC[C@@H]1N=[N+]=[N-]. The minimum absolute atomic E-state index is 0.430. The number of nitrogens with zero attached hydrogens (tertiary/aromatic N) is 6. The maximum atomic E-state index is 9.39. The van der Waals surface area contributed by atoms with Crippen molar-refractivity contribution in [2.75, 3.05) is 0 Å². The van der Waals surface area contributed by atoms with E-state index in [0.29, 0.717) is 12.8 Å². The molecule has 0 aromatic rings. The van der Waals surface area contributed by atoms with E-state index in [9.17, 15) is 5.11 Å². The third-order valence-electron chi connectivity index (χ3n) is 2.00. The molecular formula is C6H9N6O+. The fourth-order valence-electron chi connectivity index (χ4n) is 1.37. The Morgan fingerprint density at radius 2 is 2.00 bits per heavy atom. The lowest BCUT2D eigenvalue weighted by Crippen LogP contribution is -2.38. The quantitative estimate of drug-likeness (QED) is 0.296. The molecule has 7 heteroatoms. The maximum absolute atomic E-state index is 9.39. The first-order valence-corrected chi connectivity index (χ1v) is 3.89. The Bertz CT molecular complexity index is 266. The van der Waals surface area contributed by atoms with Crippen LogP contribution in [0.4, 0.5) is 0 Å². The molecular weight excluding hydrogens is 172 g/mol. The van der Waals surface area contributed by atoms with Crippen molar-refractivity contribution in [3.63, 3.8) is 0 Å². The van der Waals surface area contributed by atoms with Crippen molar-refractivity contribution in [2.45, 2.75) is 31.0 Å². The molecule has 1 N–H and O–H groups in total. The van der Waals surface area contributed by atoms with Gasteiger partial charge in [0.2, 0.25) is 6.10 Å². The van der Waals surface area contributed by atoms with Crippen LogP contribution in [0.2, 0.25) is 0 Å². The Balaban J connectivity index is 2.78. The van der Waals surface area contributed by atoms with Gasteiger partial charge in [0.05, 0.1) is 12.5 Å². The molecule has 68 valence electrons. The molecule has 1 aliphatic rings. The van der Waals surface area contributed by atoms with Gasteiger partial charge in [-0.05, 0) is 17.5 Å². The van der Waals surface area contributed by atoms with Gasteiger partial charge in [-0.15, -0.1) is 0 Å². The highest BCUT2D eigenvalue weighted by atomic mass is 16.3. The van der Waals surface area contributed by atoms with Crippen LogP contribution in [0.15, 0.2) is 10.2 Å². The molecule has 1 aliphatic carbocycles. The van der Waals surface area contributed by atoms with Gasteiger partial charge in [-0.1, -0.05) is 10.2 Å². The van der Waals surface area contributed by atoms with Crippen LogP contribution < -0.4 is 0 Å². The van der Waals surface area contributed by atoms with E-state index in [1.807, 2.05) is 0 Å². The molecule has 1 rings (SSSR count). The number of aliphatic hydroxyl groups is 1. The summed E-state index contributed by atoms with van der Waals surface area (Å²) < 4.78 is 0. The molecule has 0 aliphatic heterocycles. The van der Waals surface area contributed by atoms with Gasteiger partial charge in [-0.25, -0.2) is 0 Å². The molecule has 0 bridgehead atoms. The molecule has 0 radical (unpaired) electrons. The van der Waals surface area contributed by atoms with E-state index in [4.69, 9.17) is 11.1 Å². The molecule has 0 spiro atoms. The highest BCUT2D eigenvalue weighted by molar-refractivity contribution is 5.00. The van der Waals surface area contributed by atoms with Crippen molar-refractivity contribution >= 4 is 0 Å². The van der Waals surface area contributed by atoms with Crippen molar-refractivity contribution < 1.29 is 5.11 Å². The van der Waals surface area contributed by atoms with Gasteiger partial charge >= 0.3 is 0 Å². The van der Waals surface area contributed by atoms with Crippen LogP contribution >= 0.6 is 0 Å². The van der Waals surface area contributed by atoms with E-state index >= 15 is 0 Å². The maximum Gasteiger partial charge on any atom is 0.203 e. The minimum Gasteiger partial charge on any atom is -0.353 e. The molecule has 0 heterocycles. The number of aliphatic hydroxyl groups excluding tert-OH is 1. The summed E-state index contributed by atoms with van der Waals surface area (Å²) in [7, 11) is 0. The predicted molar refractivity (Wildman–Crippen MR) is 45.4 cm³/mol. The Hall–Kier alpha value is -1.55. The van der Waals surface area contributed by atoms with E-state index in [1.54, 1.807) is 6.42 Å². The Morgan fingerprint density at radius 1 is 1.31 bits per heavy atom. The van der Waals surface area contributed by atoms with E-state index in [0.717, 1.165) is 0 Å². The zero-order chi connectivity index (χ0) is 9.68. The lowest BCUT2D eigenvalue weighted by atomic mass is 9.89. The number of rotatable bonds is 2. The average molecular weight is 181 g/mol. The van der Waals surface area contributed by atoms with Gasteiger partial charge in [0.15, 0.2) is 0 Å². The van der Waals surface area contributed by atoms with Crippen molar-refractivity contribution in [1.29, 1.82) is 0 Å². The summed E-state index contributed by atoms with van der Waals surface area (Å²) in [5.74, 6) is 0. The standard InChI is InChI=1S/C6H9N6O/c7-11-9-4-2-1-3-5(13)6(4)10-12-8/h3-6,13H,1-2H2/q+1/t4-,5+,6-/m0/s1. The Kier molecular flexibility index (Phi) is 3.28. The summed E-state index contributed by atoms with van der Waals surface area (Å²) in [6.45, 7) is 0. The molecule has 0 saturated heterocycles. The fourth-order valence-corrected chi connectivity index (χ4v) is 1.37. The van der Waals surface area contributed by atoms with Crippen molar-refractivity contribution in [2.24, 2.45) is 10.2 Å². The number of hydrogen-bond donors (Lipinski definition) is 1. The normalized spacial score (nSPS) is 32.2. The van der Waals surface area contributed by atoms with E-state index in [-0.39, 0.29) is 0 Å². The van der Waals surface area contributed by atoms with Crippen molar-refractivity contribution in [3.8, 4) is 0 Å². The summed E-state index contributed by atoms with van der Waals surface area (Å²) in [6.07, 6.45) is 2.13. The van der Waals surface area contributed by atoms with Gasteiger partial charge in [0.25, 0.3) is 0 Å². The van der Waals surface area contributed by atoms with Crippen molar-refractivity contribution in [1.82, 2.24) is 0 Å². The second-order valence-electron chi connectivity index (χ2n) is 2.77. The highest BCUT2D eigenvalue weighted by Crippen LogP contribution is 2.23. The molecule has 0 unspecified atom stereocenters. The van der Waals surface area contributed by atoms with Crippen molar-refractivity contribution in [3.05, 3.63) is 27.3 Å². The Labute approximate surface area is 74.6 Å². The van der Waals surface area contributed by atoms with E-state index in [1.165, 1.54) is 0 Å². The van der Waals surface area contributed by atoms with Gasteiger partial charge in [-0.2, -0.15) is 0 Å². The molecule has 13 heavy (non-hydrogen) atoms. The number of azide groups is 2. The molecule has 7 nitrogen and oxygen atoms in total. The monoisotopic (exact) mass is 181 g/mol. The first kappa shape index (κ1) is 9.54. The highest BCUT2D eigenvalue weighted by Gasteiger charge is 2.37. The molecule has 0 amide bonds. The van der Waals surface area contributed by atoms with Crippen LogP contribution in [0.1, 0.15) is 12.8 Å². The molecule has 0 aromatic heterocycles. The van der Waals surface area contributed by atoms with E-state index in [2.05, 4.69) is 20.1 Å². The summed E-state index contributed by atoms with van der Waals surface area (Å²) in [6, 6.07) is -1.09. The van der Waals surface area contributed by atoms with Gasteiger partial charge in [0.1, 0.15) is 12.5 Å². The Morgan fingerprint density at radius 3 is 2.62 bits per heavy atom. The largest absolute Gasteiger partial charge is 0.353 e. The lowest BCUT2D eigenvalue weighted by molar-refractivity contribution is 0.139. The second kappa shape index (κ2) is 4.47. The minimum atomic E-state index is -0.805. The van der Waals surface area contributed by atoms with Crippen LogP contribution in [-0.4, -0.2) is 23.3 Å². The third kappa shape index (κ3) is 2.19. The second-order valence-corrected chi connectivity index (χ2v) is 2.77. The smallest absolute Gasteiger partial charge is 0.203 e. The summed E-state index contributed by atoms with van der Waals surface area (Å²) in [5.41, 5.74) is 16.4. The molecule has 0 aromatic carbocycles. The topological polar surface area (TPSA) is 118 Å². The zero-order valence-electron chi connectivity index (χ0n) is 6.85. The summed E-state index contributed by atoms with van der Waals surface area (Å²) in [4.78, 5) is 5.25. The third-order valence-corrected chi connectivity index (χ3v) is 2.00. The average Bonchev–Trinajstić information content (AvgIpc) is 2.11. The summed E-state index contributed by atoms with van der Waals surface area (Å²) >= 11 is 0. The summed E-state index contributed by atoms with van der Waals surface area (Å²) in [5, 5.41) is 16.3. The van der Waals surface area contributed by atoms with Gasteiger partial charge in [0, 0.05) is 9.82 Å². The first-order chi connectivity index (χ1) is 6.29. The van der Waals surface area contributed by atoms with Crippen LogP contribution in [0.3, 0.4) is 0 Å². The van der Waals surface area contributed by atoms with Crippen LogP contribution in [0.25, 0.3) is 20.9 Å². The molecule has 1 fully saturated rings. The number of hydrogen-bond acceptors (Lipinski definition) is 3. The predicted octanol–water partition coefficient (Wildman–Crippen LogP) is 1.70. The van der Waals surface area contributed by atoms with Crippen LogP contribution in [0, 0.1) is 6.42 Å².